The van der Waals surface area contributed by atoms with Crippen molar-refractivity contribution in [1.82, 2.24) is 0 Å². The molecule has 1 saturated carbocycles. The average molecular weight is 180 g/mol. The average Bonchev–Trinajstić information content (AvgIpc) is 2.32. The summed E-state index contributed by atoms with van der Waals surface area (Å²) in [5.41, 5.74) is 1.40. The molecule has 0 unspecified atom stereocenters. The molecule has 0 radical (unpaired) electrons. The molecule has 72 valence electrons. The number of rotatable bonds is 2. The number of aliphatic carboxylic acids is 1. The highest BCUT2D eigenvalue weighted by Gasteiger charge is 2.02. The van der Waals surface area contributed by atoms with E-state index in [2.05, 4.69) is 0 Å². The first kappa shape index (κ1) is 10.0. The smallest absolute Gasteiger partial charge is 0.328 e. The summed E-state index contributed by atoms with van der Waals surface area (Å²) in [4.78, 5) is 10.2. The lowest BCUT2D eigenvalue weighted by Crippen LogP contribution is -1.85. The fourth-order valence-electron chi connectivity index (χ4n) is 1.62. The van der Waals surface area contributed by atoms with E-state index in [0.717, 1.165) is 12.8 Å². The lowest BCUT2D eigenvalue weighted by atomic mass is 10.1. The number of allylic oxidation sites excluding steroid dienone is 3. The standard InChI is InChI=1S/C11H16O2/c12-11(13)9-5-8-10-6-3-1-2-4-7-10/h5,8-9H,1-4,6-7H2,(H,12,13). The Bertz CT molecular complexity index is 216. The third-order valence-corrected chi connectivity index (χ3v) is 2.32. The van der Waals surface area contributed by atoms with Crippen LogP contribution in [-0.4, -0.2) is 11.1 Å². The first-order chi connectivity index (χ1) is 6.29. The molecule has 1 N–H and O–H groups in total. The fourth-order valence-corrected chi connectivity index (χ4v) is 1.62. The van der Waals surface area contributed by atoms with Gasteiger partial charge in [0.05, 0.1) is 0 Å². The van der Waals surface area contributed by atoms with E-state index in [1.807, 2.05) is 6.08 Å². The predicted molar refractivity (Wildman–Crippen MR) is 52.6 cm³/mol. The summed E-state index contributed by atoms with van der Waals surface area (Å²) in [5.74, 6) is -0.870. The maximum atomic E-state index is 10.2. The van der Waals surface area contributed by atoms with Crippen LogP contribution in [0.3, 0.4) is 0 Å². The predicted octanol–water partition coefficient (Wildman–Crippen LogP) is 2.91. The highest BCUT2D eigenvalue weighted by atomic mass is 16.4. The van der Waals surface area contributed by atoms with Gasteiger partial charge >= 0.3 is 5.97 Å². The monoisotopic (exact) mass is 180 g/mol. The Labute approximate surface area is 79.0 Å². The normalized spacial score (nSPS) is 18.6. The van der Waals surface area contributed by atoms with Gasteiger partial charge in [0.25, 0.3) is 0 Å². The quantitative estimate of drug-likeness (QED) is 0.524. The molecule has 0 amide bonds. The van der Waals surface area contributed by atoms with Crippen molar-refractivity contribution in [3.63, 3.8) is 0 Å². The topological polar surface area (TPSA) is 37.3 Å². The molecular weight excluding hydrogens is 164 g/mol. The van der Waals surface area contributed by atoms with Crippen molar-refractivity contribution in [3.05, 3.63) is 23.8 Å². The van der Waals surface area contributed by atoms with E-state index in [1.165, 1.54) is 37.3 Å². The minimum atomic E-state index is -0.870. The molecule has 0 atom stereocenters. The van der Waals surface area contributed by atoms with Crippen LogP contribution in [-0.2, 0) is 4.79 Å². The molecule has 1 rings (SSSR count). The van der Waals surface area contributed by atoms with E-state index < -0.39 is 5.97 Å². The van der Waals surface area contributed by atoms with Crippen LogP contribution in [0.4, 0.5) is 0 Å². The molecule has 2 nitrogen and oxygen atoms in total. The van der Waals surface area contributed by atoms with Crippen LogP contribution >= 0.6 is 0 Å². The molecule has 0 aromatic heterocycles. The van der Waals surface area contributed by atoms with E-state index in [0.29, 0.717) is 0 Å². The molecule has 0 aromatic carbocycles. The van der Waals surface area contributed by atoms with Crippen molar-refractivity contribution in [1.29, 1.82) is 0 Å². The summed E-state index contributed by atoms with van der Waals surface area (Å²) in [6.45, 7) is 0. The van der Waals surface area contributed by atoms with E-state index in [1.54, 1.807) is 6.08 Å². The van der Waals surface area contributed by atoms with Crippen molar-refractivity contribution >= 4 is 5.97 Å². The van der Waals surface area contributed by atoms with Gasteiger partial charge in [0, 0.05) is 6.08 Å². The van der Waals surface area contributed by atoms with E-state index >= 15 is 0 Å². The summed E-state index contributed by atoms with van der Waals surface area (Å²) in [5, 5.41) is 8.38. The van der Waals surface area contributed by atoms with Gasteiger partial charge in [0.2, 0.25) is 0 Å². The van der Waals surface area contributed by atoms with Crippen LogP contribution in [0.25, 0.3) is 0 Å². The number of hydrogen-bond donors (Lipinski definition) is 1. The summed E-state index contributed by atoms with van der Waals surface area (Å²) in [7, 11) is 0. The summed E-state index contributed by atoms with van der Waals surface area (Å²) in [6.07, 6.45) is 12.2. The van der Waals surface area contributed by atoms with Gasteiger partial charge in [-0.05, 0) is 25.7 Å². The van der Waals surface area contributed by atoms with Crippen molar-refractivity contribution < 1.29 is 9.90 Å². The Kier molecular flexibility index (Phi) is 4.30. The molecule has 1 aliphatic rings. The lowest BCUT2D eigenvalue weighted by molar-refractivity contribution is -0.131. The Hall–Kier alpha value is -1.05. The number of carboxylic acids is 1. The van der Waals surface area contributed by atoms with E-state index in [9.17, 15) is 4.79 Å². The summed E-state index contributed by atoms with van der Waals surface area (Å²) in [6, 6.07) is 0. The van der Waals surface area contributed by atoms with Crippen molar-refractivity contribution in [2.24, 2.45) is 0 Å². The molecule has 0 saturated heterocycles. The first-order valence-electron chi connectivity index (χ1n) is 4.88. The van der Waals surface area contributed by atoms with Crippen LogP contribution in [0.5, 0.6) is 0 Å². The molecule has 1 fully saturated rings. The third kappa shape index (κ3) is 4.51. The number of carbonyl (C=O) groups is 1. The van der Waals surface area contributed by atoms with Crippen LogP contribution < -0.4 is 0 Å². The fraction of sp³-hybridized carbons (Fsp3) is 0.545. The highest BCUT2D eigenvalue weighted by Crippen LogP contribution is 2.21. The van der Waals surface area contributed by atoms with Gasteiger partial charge in [0.15, 0.2) is 0 Å². The largest absolute Gasteiger partial charge is 0.478 e. The van der Waals surface area contributed by atoms with Crippen molar-refractivity contribution in [2.75, 3.05) is 0 Å². The second-order valence-electron chi connectivity index (χ2n) is 3.44. The minimum absolute atomic E-state index is 0.870. The van der Waals surface area contributed by atoms with Crippen LogP contribution in [0.1, 0.15) is 38.5 Å². The maximum absolute atomic E-state index is 10.2. The highest BCUT2D eigenvalue weighted by molar-refractivity contribution is 5.80. The Morgan fingerprint density at radius 3 is 2.31 bits per heavy atom. The van der Waals surface area contributed by atoms with Gasteiger partial charge < -0.3 is 5.11 Å². The van der Waals surface area contributed by atoms with E-state index in [4.69, 9.17) is 5.11 Å². The molecule has 0 aromatic rings. The van der Waals surface area contributed by atoms with Gasteiger partial charge in [-0.3, -0.25) is 0 Å². The van der Waals surface area contributed by atoms with Gasteiger partial charge in [-0.2, -0.15) is 0 Å². The number of hydrogen-bond acceptors (Lipinski definition) is 1. The van der Waals surface area contributed by atoms with Gasteiger partial charge in [-0.15, -0.1) is 0 Å². The van der Waals surface area contributed by atoms with Gasteiger partial charge in [-0.25, -0.2) is 4.79 Å². The Morgan fingerprint density at radius 1 is 1.15 bits per heavy atom. The van der Waals surface area contributed by atoms with E-state index in [-0.39, 0.29) is 0 Å². The molecule has 1 aliphatic carbocycles. The van der Waals surface area contributed by atoms with Gasteiger partial charge in [-0.1, -0.05) is 30.6 Å². The van der Waals surface area contributed by atoms with Crippen LogP contribution in [0.15, 0.2) is 23.8 Å². The second kappa shape index (κ2) is 5.57. The Morgan fingerprint density at radius 2 is 1.77 bits per heavy atom. The molecule has 0 aliphatic heterocycles. The minimum Gasteiger partial charge on any atom is -0.478 e. The molecular formula is C11H16O2. The SMILES string of the molecule is O=C(O)C=CC=C1CCCCCC1. The van der Waals surface area contributed by atoms with Crippen molar-refractivity contribution in [2.45, 2.75) is 38.5 Å². The third-order valence-electron chi connectivity index (χ3n) is 2.32. The maximum Gasteiger partial charge on any atom is 0.328 e. The van der Waals surface area contributed by atoms with Crippen LogP contribution in [0.2, 0.25) is 0 Å². The molecule has 13 heavy (non-hydrogen) atoms. The lowest BCUT2D eigenvalue weighted by Gasteiger charge is -1.98. The zero-order chi connectivity index (χ0) is 9.52. The zero-order valence-electron chi connectivity index (χ0n) is 7.83. The van der Waals surface area contributed by atoms with Gasteiger partial charge in [0.1, 0.15) is 0 Å². The summed E-state index contributed by atoms with van der Waals surface area (Å²) < 4.78 is 0. The summed E-state index contributed by atoms with van der Waals surface area (Å²) >= 11 is 0. The number of carboxylic acid groups (broad SMARTS) is 1. The zero-order valence-corrected chi connectivity index (χ0v) is 7.83. The molecule has 0 bridgehead atoms. The molecule has 0 spiro atoms. The second-order valence-corrected chi connectivity index (χ2v) is 3.44. The molecule has 0 heterocycles. The van der Waals surface area contributed by atoms with Crippen molar-refractivity contribution in [3.8, 4) is 0 Å². The molecule has 2 heteroatoms. The Balaban J connectivity index is 2.43. The van der Waals surface area contributed by atoms with Crippen LogP contribution in [0, 0.1) is 0 Å². The first-order valence-corrected chi connectivity index (χ1v) is 4.88.